The van der Waals surface area contributed by atoms with Gasteiger partial charge in [0.2, 0.25) is 5.91 Å². The van der Waals surface area contributed by atoms with E-state index in [0.717, 1.165) is 31.7 Å². The van der Waals surface area contributed by atoms with Gasteiger partial charge in [-0.1, -0.05) is 6.42 Å². The Morgan fingerprint density at radius 3 is 2.50 bits per heavy atom. The maximum atomic E-state index is 14.0. The monoisotopic (exact) mass is 384 g/mol. The Bertz CT molecular complexity index is 685. The first-order valence-corrected chi connectivity index (χ1v) is 9.49. The van der Waals surface area contributed by atoms with Crippen molar-refractivity contribution in [1.82, 2.24) is 4.90 Å². The minimum Gasteiger partial charge on any atom is -0.335 e. The minimum absolute atomic E-state index is 0. The smallest absolute Gasteiger partial charge is 0.226 e. The number of hydrogen-bond acceptors (Lipinski definition) is 2. The Labute approximate surface area is 159 Å². The maximum absolute atomic E-state index is 14.0. The molecule has 1 aromatic carbocycles. The Morgan fingerprint density at radius 2 is 1.85 bits per heavy atom. The van der Waals surface area contributed by atoms with E-state index in [1.807, 2.05) is 11.8 Å². The molecule has 0 spiro atoms. The third-order valence-electron chi connectivity index (χ3n) is 6.76. The van der Waals surface area contributed by atoms with Crippen LogP contribution in [0, 0.1) is 29.4 Å². The van der Waals surface area contributed by atoms with E-state index in [-0.39, 0.29) is 36.3 Å². The molecule has 144 valence electrons. The third kappa shape index (κ3) is 3.24. The summed E-state index contributed by atoms with van der Waals surface area (Å²) in [7, 11) is 0. The van der Waals surface area contributed by atoms with Gasteiger partial charge in [0.25, 0.3) is 0 Å². The van der Waals surface area contributed by atoms with Crippen molar-refractivity contribution in [3.63, 3.8) is 0 Å². The molecular weight excluding hydrogens is 358 g/mol. The second-order valence-corrected chi connectivity index (χ2v) is 8.11. The summed E-state index contributed by atoms with van der Waals surface area (Å²) in [6, 6.07) is 2.28. The molecule has 3 nitrogen and oxygen atoms in total. The molecule has 4 rings (SSSR count). The Balaban J connectivity index is 0.00000196. The molecule has 2 saturated carbocycles. The molecule has 3 atom stereocenters. The van der Waals surface area contributed by atoms with Gasteiger partial charge in [0.15, 0.2) is 0 Å². The number of amides is 1. The van der Waals surface area contributed by atoms with Crippen molar-refractivity contribution >= 4 is 18.3 Å². The largest absolute Gasteiger partial charge is 0.335 e. The van der Waals surface area contributed by atoms with E-state index in [0.29, 0.717) is 35.9 Å². The van der Waals surface area contributed by atoms with Crippen molar-refractivity contribution in [3.05, 3.63) is 34.9 Å². The van der Waals surface area contributed by atoms with Crippen molar-refractivity contribution in [2.45, 2.75) is 57.5 Å². The molecule has 0 aromatic heterocycles. The first-order valence-electron chi connectivity index (χ1n) is 9.49. The highest BCUT2D eigenvalue weighted by atomic mass is 35.5. The number of hydrogen-bond donors (Lipinski definition) is 1. The summed E-state index contributed by atoms with van der Waals surface area (Å²) >= 11 is 0. The fraction of sp³-hybridized carbons (Fsp3) is 0.650. The summed E-state index contributed by atoms with van der Waals surface area (Å²) in [6.07, 6.45) is 5.65. The number of fused-ring (bicyclic) bond motifs is 3. The summed E-state index contributed by atoms with van der Waals surface area (Å²) in [5.41, 5.74) is 7.51. The van der Waals surface area contributed by atoms with Gasteiger partial charge in [0, 0.05) is 24.6 Å². The summed E-state index contributed by atoms with van der Waals surface area (Å²) in [5, 5.41) is 0. The highest BCUT2D eigenvalue weighted by Crippen LogP contribution is 2.43. The van der Waals surface area contributed by atoms with Crippen molar-refractivity contribution in [1.29, 1.82) is 0 Å². The maximum Gasteiger partial charge on any atom is 0.226 e. The van der Waals surface area contributed by atoms with E-state index < -0.39 is 11.6 Å². The molecular formula is C20H27ClF2N2O. The van der Waals surface area contributed by atoms with Gasteiger partial charge in [-0.2, -0.15) is 0 Å². The molecule has 2 aliphatic carbocycles. The molecule has 1 aromatic rings. The van der Waals surface area contributed by atoms with Gasteiger partial charge >= 0.3 is 0 Å². The van der Waals surface area contributed by atoms with E-state index in [1.54, 1.807) is 0 Å². The van der Waals surface area contributed by atoms with Crippen LogP contribution in [0.1, 0.15) is 56.2 Å². The van der Waals surface area contributed by atoms with Gasteiger partial charge in [-0.15, -0.1) is 12.4 Å². The lowest BCUT2D eigenvalue weighted by Crippen LogP contribution is -2.50. The van der Waals surface area contributed by atoms with Crippen molar-refractivity contribution < 1.29 is 13.6 Å². The highest BCUT2D eigenvalue weighted by molar-refractivity contribution is 5.85. The van der Waals surface area contributed by atoms with Crippen LogP contribution in [0.5, 0.6) is 0 Å². The van der Waals surface area contributed by atoms with Crippen LogP contribution in [0.2, 0.25) is 0 Å². The molecule has 2 bridgehead atoms. The van der Waals surface area contributed by atoms with Gasteiger partial charge in [-0.25, -0.2) is 8.78 Å². The zero-order chi connectivity index (χ0) is 17.7. The predicted molar refractivity (Wildman–Crippen MR) is 99.0 cm³/mol. The molecule has 0 saturated heterocycles. The average Bonchev–Trinajstić information content (AvgIpc) is 2.55. The molecule has 26 heavy (non-hydrogen) atoms. The van der Waals surface area contributed by atoms with E-state index in [2.05, 4.69) is 0 Å². The lowest BCUT2D eigenvalue weighted by Gasteiger charge is -2.46. The molecule has 1 heterocycles. The van der Waals surface area contributed by atoms with E-state index >= 15 is 0 Å². The molecule has 3 aliphatic rings. The Hall–Kier alpha value is -1.20. The quantitative estimate of drug-likeness (QED) is 0.795. The van der Waals surface area contributed by atoms with E-state index in [4.69, 9.17) is 5.73 Å². The average molecular weight is 385 g/mol. The first kappa shape index (κ1) is 19.6. The van der Waals surface area contributed by atoms with Crippen LogP contribution in [0.15, 0.2) is 12.1 Å². The summed E-state index contributed by atoms with van der Waals surface area (Å²) in [4.78, 5) is 15.0. The van der Waals surface area contributed by atoms with Crippen molar-refractivity contribution in [2.75, 3.05) is 6.54 Å². The fourth-order valence-electron chi connectivity index (χ4n) is 5.38. The molecule has 1 aliphatic heterocycles. The zero-order valence-corrected chi connectivity index (χ0v) is 15.9. The Morgan fingerprint density at radius 1 is 1.19 bits per heavy atom. The number of benzene rings is 1. The lowest BCUT2D eigenvalue weighted by atomic mass is 9.64. The van der Waals surface area contributed by atoms with Crippen LogP contribution >= 0.6 is 12.4 Å². The first-order chi connectivity index (χ1) is 12.0. The zero-order valence-electron chi connectivity index (χ0n) is 15.1. The second-order valence-electron chi connectivity index (χ2n) is 8.11. The minimum atomic E-state index is -0.574. The standard InChI is InChI=1S/C20H26F2N2O.ClH/c1-11-17-9-15(21)10-18(22)16(17)5-6-24(11)20(25)14-7-12-3-2-4-13(8-14)19(12)23;/h9-14,19H,2-8,23H2,1H3;1H. The van der Waals surface area contributed by atoms with Crippen LogP contribution < -0.4 is 5.73 Å². The van der Waals surface area contributed by atoms with Gasteiger partial charge in [-0.3, -0.25) is 4.79 Å². The number of carbonyl (C=O) groups is 1. The van der Waals surface area contributed by atoms with E-state index in [1.165, 1.54) is 12.5 Å². The Kier molecular flexibility index (Phi) is 5.59. The van der Waals surface area contributed by atoms with Gasteiger partial charge in [0.1, 0.15) is 11.6 Å². The summed E-state index contributed by atoms with van der Waals surface area (Å²) in [6.45, 7) is 2.39. The normalized spacial score (nSPS) is 33.2. The molecule has 2 N–H and O–H groups in total. The number of rotatable bonds is 1. The second kappa shape index (κ2) is 7.43. The van der Waals surface area contributed by atoms with Crippen molar-refractivity contribution in [3.8, 4) is 0 Å². The van der Waals surface area contributed by atoms with Crippen LogP contribution in [-0.2, 0) is 11.2 Å². The fourth-order valence-corrected chi connectivity index (χ4v) is 5.38. The SMILES string of the molecule is CC1c2cc(F)cc(F)c2CCN1C(=O)C1CC2CCCC(C1)C2N.Cl. The number of carbonyl (C=O) groups excluding carboxylic acids is 1. The lowest BCUT2D eigenvalue weighted by molar-refractivity contribution is -0.141. The van der Waals surface area contributed by atoms with Gasteiger partial charge < -0.3 is 10.6 Å². The highest BCUT2D eigenvalue weighted by Gasteiger charge is 2.43. The molecule has 2 fully saturated rings. The molecule has 1 amide bonds. The number of nitrogens with zero attached hydrogens (tertiary/aromatic N) is 1. The van der Waals surface area contributed by atoms with Gasteiger partial charge in [0.05, 0.1) is 6.04 Å². The topological polar surface area (TPSA) is 46.3 Å². The third-order valence-corrected chi connectivity index (χ3v) is 6.76. The number of nitrogens with two attached hydrogens (primary N) is 1. The van der Waals surface area contributed by atoms with Crippen molar-refractivity contribution in [2.24, 2.45) is 23.5 Å². The molecule has 6 heteroatoms. The van der Waals surface area contributed by atoms with Crippen LogP contribution in [0.25, 0.3) is 0 Å². The van der Waals surface area contributed by atoms with Crippen LogP contribution in [-0.4, -0.2) is 23.4 Å². The summed E-state index contributed by atoms with van der Waals surface area (Å²) < 4.78 is 27.7. The number of halogens is 3. The predicted octanol–water partition coefficient (Wildman–Crippen LogP) is 3.99. The molecule has 3 unspecified atom stereocenters. The van der Waals surface area contributed by atoms with Gasteiger partial charge in [-0.05, 0) is 68.1 Å². The molecule has 0 radical (unpaired) electrons. The van der Waals surface area contributed by atoms with Crippen LogP contribution in [0.3, 0.4) is 0 Å². The summed E-state index contributed by atoms with van der Waals surface area (Å²) in [5.74, 6) is -0.0146. The van der Waals surface area contributed by atoms with E-state index in [9.17, 15) is 13.6 Å². The van der Waals surface area contributed by atoms with Crippen LogP contribution in [0.4, 0.5) is 8.78 Å².